The molecule has 116 valence electrons. The Morgan fingerprint density at radius 3 is 2.75 bits per heavy atom. The molecule has 2 rings (SSSR count). The Labute approximate surface area is 123 Å². The van der Waals surface area contributed by atoms with Crippen LogP contribution in [0.25, 0.3) is 0 Å². The second-order valence-corrected chi connectivity index (χ2v) is 7.92. The SMILES string of the molecule is COCCCC(N)C(=O)N1CC2(C)CC1CC(C)(C)C2. The zero-order valence-corrected chi connectivity index (χ0v) is 13.4. The van der Waals surface area contributed by atoms with Crippen molar-refractivity contribution in [3.63, 3.8) is 0 Å². The van der Waals surface area contributed by atoms with E-state index in [1.807, 2.05) is 0 Å². The Bertz CT molecular complexity index is 369. The van der Waals surface area contributed by atoms with Crippen LogP contribution in [0.2, 0.25) is 0 Å². The molecule has 1 amide bonds. The van der Waals surface area contributed by atoms with E-state index in [2.05, 4.69) is 25.7 Å². The Hall–Kier alpha value is -0.610. The number of methoxy groups -OCH3 is 1. The maximum absolute atomic E-state index is 12.6. The largest absolute Gasteiger partial charge is 0.385 e. The number of ether oxygens (including phenoxy) is 1. The van der Waals surface area contributed by atoms with Crippen molar-refractivity contribution in [2.75, 3.05) is 20.3 Å². The summed E-state index contributed by atoms with van der Waals surface area (Å²) < 4.78 is 5.03. The van der Waals surface area contributed by atoms with Crippen LogP contribution in [0.1, 0.15) is 52.9 Å². The predicted octanol–water partition coefficient (Wildman–Crippen LogP) is 2.17. The van der Waals surface area contributed by atoms with E-state index >= 15 is 0 Å². The molecule has 4 nitrogen and oxygen atoms in total. The lowest BCUT2D eigenvalue weighted by Crippen LogP contribution is -2.46. The topological polar surface area (TPSA) is 55.6 Å². The standard InChI is InChI=1S/C16H30N2O2/c1-15(2)8-12-9-16(3,10-15)11-18(12)14(19)13(17)6-5-7-20-4/h12-13H,5-11,17H2,1-4H3. The highest BCUT2D eigenvalue weighted by Gasteiger charge is 2.51. The first kappa shape index (κ1) is 15.8. The van der Waals surface area contributed by atoms with Gasteiger partial charge in [0.05, 0.1) is 6.04 Å². The maximum atomic E-state index is 12.6. The number of likely N-dealkylation sites (tertiary alicyclic amines) is 1. The summed E-state index contributed by atoms with van der Waals surface area (Å²) in [5.74, 6) is 0.146. The van der Waals surface area contributed by atoms with Crippen molar-refractivity contribution >= 4 is 5.91 Å². The van der Waals surface area contributed by atoms with Gasteiger partial charge in [-0.3, -0.25) is 4.79 Å². The Morgan fingerprint density at radius 1 is 1.40 bits per heavy atom. The van der Waals surface area contributed by atoms with Gasteiger partial charge in [-0.25, -0.2) is 0 Å². The number of hydrogen-bond acceptors (Lipinski definition) is 3. The van der Waals surface area contributed by atoms with Crippen molar-refractivity contribution in [1.82, 2.24) is 4.90 Å². The van der Waals surface area contributed by atoms with Gasteiger partial charge in [0.2, 0.25) is 5.91 Å². The van der Waals surface area contributed by atoms with Crippen LogP contribution < -0.4 is 5.73 Å². The van der Waals surface area contributed by atoms with Gasteiger partial charge in [0.1, 0.15) is 0 Å². The summed E-state index contributed by atoms with van der Waals surface area (Å²) >= 11 is 0. The van der Waals surface area contributed by atoms with Crippen LogP contribution in [-0.2, 0) is 9.53 Å². The zero-order valence-electron chi connectivity index (χ0n) is 13.4. The summed E-state index contributed by atoms with van der Waals surface area (Å²) in [5.41, 5.74) is 6.71. The second-order valence-electron chi connectivity index (χ2n) is 7.92. The summed E-state index contributed by atoms with van der Waals surface area (Å²) in [7, 11) is 1.68. The Balaban J connectivity index is 1.98. The molecule has 0 aromatic carbocycles. The van der Waals surface area contributed by atoms with E-state index in [0.717, 1.165) is 32.2 Å². The van der Waals surface area contributed by atoms with E-state index in [9.17, 15) is 4.79 Å². The average Bonchev–Trinajstić information content (AvgIpc) is 2.57. The molecule has 0 aromatic rings. The van der Waals surface area contributed by atoms with Gasteiger partial charge in [0, 0.05) is 26.3 Å². The highest BCUT2D eigenvalue weighted by Crippen LogP contribution is 2.52. The minimum Gasteiger partial charge on any atom is -0.385 e. The minimum atomic E-state index is -0.365. The molecule has 2 fully saturated rings. The van der Waals surface area contributed by atoms with Crippen LogP contribution in [0.4, 0.5) is 0 Å². The third kappa shape index (κ3) is 3.34. The number of carbonyl (C=O) groups is 1. The molecule has 3 atom stereocenters. The Kier molecular flexibility index (Phi) is 4.45. The molecule has 2 aliphatic rings. The molecule has 1 aliphatic carbocycles. The van der Waals surface area contributed by atoms with Crippen LogP contribution in [0.5, 0.6) is 0 Å². The number of fused-ring (bicyclic) bond motifs is 2. The smallest absolute Gasteiger partial charge is 0.239 e. The van der Waals surface area contributed by atoms with E-state index in [0.29, 0.717) is 18.1 Å². The van der Waals surface area contributed by atoms with Crippen LogP contribution in [-0.4, -0.2) is 43.2 Å². The van der Waals surface area contributed by atoms with Crippen molar-refractivity contribution in [2.24, 2.45) is 16.6 Å². The van der Waals surface area contributed by atoms with Gasteiger partial charge in [-0.15, -0.1) is 0 Å². The summed E-state index contributed by atoms with van der Waals surface area (Å²) in [6, 6.07) is 0.0286. The molecule has 1 aliphatic heterocycles. The number of carbonyl (C=O) groups excluding carboxylic acids is 1. The van der Waals surface area contributed by atoms with Crippen molar-refractivity contribution in [2.45, 2.75) is 65.0 Å². The molecule has 0 spiro atoms. The highest BCUT2D eigenvalue weighted by atomic mass is 16.5. The summed E-state index contributed by atoms with van der Waals surface area (Å²) in [5, 5.41) is 0. The van der Waals surface area contributed by atoms with Gasteiger partial charge in [-0.2, -0.15) is 0 Å². The van der Waals surface area contributed by atoms with Gasteiger partial charge in [0.25, 0.3) is 0 Å². The average molecular weight is 282 g/mol. The number of amides is 1. The third-order valence-electron chi connectivity index (χ3n) is 4.88. The van der Waals surface area contributed by atoms with Crippen molar-refractivity contribution in [1.29, 1.82) is 0 Å². The fourth-order valence-electron chi connectivity index (χ4n) is 4.50. The molecule has 2 bridgehead atoms. The van der Waals surface area contributed by atoms with Gasteiger partial charge in [0.15, 0.2) is 0 Å². The predicted molar refractivity (Wildman–Crippen MR) is 80.3 cm³/mol. The van der Waals surface area contributed by atoms with E-state index < -0.39 is 0 Å². The summed E-state index contributed by atoms with van der Waals surface area (Å²) in [6.45, 7) is 8.53. The van der Waals surface area contributed by atoms with E-state index in [1.165, 1.54) is 6.42 Å². The monoisotopic (exact) mass is 282 g/mol. The van der Waals surface area contributed by atoms with E-state index in [1.54, 1.807) is 7.11 Å². The lowest BCUT2D eigenvalue weighted by Gasteiger charge is -2.39. The fraction of sp³-hybridized carbons (Fsp3) is 0.938. The van der Waals surface area contributed by atoms with Crippen molar-refractivity contribution in [3.8, 4) is 0 Å². The third-order valence-corrected chi connectivity index (χ3v) is 4.88. The minimum absolute atomic E-state index is 0.146. The summed E-state index contributed by atoms with van der Waals surface area (Å²) in [6.07, 6.45) is 5.03. The van der Waals surface area contributed by atoms with Gasteiger partial charge >= 0.3 is 0 Å². The normalized spacial score (nSPS) is 33.2. The van der Waals surface area contributed by atoms with Crippen molar-refractivity contribution in [3.05, 3.63) is 0 Å². The van der Waals surface area contributed by atoms with E-state index in [4.69, 9.17) is 10.5 Å². The van der Waals surface area contributed by atoms with E-state index in [-0.39, 0.29) is 17.4 Å². The molecular formula is C16H30N2O2. The van der Waals surface area contributed by atoms with Gasteiger partial charge < -0.3 is 15.4 Å². The van der Waals surface area contributed by atoms with Crippen LogP contribution in [0.15, 0.2) is 0 Å². The molecule has 4 heteroatoms. The number of nitrogens with zero attached hydrogens (tertiary/aromatic N) is 1. The molecule has 1 saturated carbocycles. The van der Waals surface area contributed by atoms with Crippen LogP contribution in [0, 0.1) is 10.8 Å². The number of hydrogen-bond donors (Lipinski definition) is 1. The highest BCUT2D eigenvalue weighted by molar-refractivity contribution is 5.82. The van der Waals surface area contributed by atoms with Crippen LogP contribution >= 0.6 is 0 Å². The van der Waals surface area contributed by atoms with Crippen molar-refractivity contribution < 1.29 is 9.53 Å². The maximum Gasteiger partial charge on any atom is 0.239 e. The molecule has 1 heterocycles. The van der Waals surface area contributed by atoms with Gasteiger partial charge in [-0.05, 0) is 42.9 Å². The zero-order chi connectivity index (χ0) is 15.0. The first-order chi connectivity index (χ1) is 9.26. The molecular weight excluding hydrogens is 252 g/mol. The first-order valence-electron chi connectivity index (χ1n) is 7.81. The quantitative estimate of drug-likeness (QED) is 0.786. The summed E-state index contributed by atoms with van der Waals surface area (Å²) in [4.78, 5) is 14.7. The Morgan fingerprint density at radius 2 is 2.10 bits per heavy atom. The molecule has 20 heavy (non-hydrogen) atoms. The first-order valence-corrected chi connectivity index (χ1v) is 7.81. The number of nitrogens with two attached hydrogens (primary N) is 1. The molecule has 0 aromatic heterocycles. The lowest BCUT2D eigenvalue weighted by molar-refractivity contribution is -0.134. The molecule has 3 unspecified atom stereocenters. The van der Waals surface area contributed by atoms with Gasteiger partial charge in [-0.1, -0.05) is 20.8 Å². The lowest BCUT2D eigenvalue weighted by atomic mass is 9.65. The molecule has 2 N–H and O–H groups in total. The second kappa shape index (κ2) is 5.64. The fourth-order valence-corrected chi connectivity index (χ4v) is 4.50. The molecule has 1 saturated heterocycles. The molecule has 0 radical (unpaired) electrons. The van der Waals surface area contributed by atoms with Crippen LogP contribution in [0.3, 0.4) is 0 Å². The number of rotatable bonds is 5.